The van der Waals surface area contributed by atoms with Gasteiger partial charge in [-0.25, -0.2) is 0 Å². The lowest BCUT2D eigenvalue weighted by Crippen LogP contribution is -2.64. The Morgan fingerprint density at radius 1 is 0.667 bits per heavy atom. The summed E-state index contributed by atoms with van der Waals surface area (Å²) in [5.74, 6) is 0. The van der Waals surface area contributed by atoms with Crippen LogP contribution in [0.4, 0.5) is 0 Å². The molecule has 0 amide bonds. The van der Waals surface area contributed by atoms with Crippen molar-refractivity contribution in [2.75, 3.05) is 19.8 Å². The largest absolute Gasteiger partial charge is 0.394 e. The molecule has 0 spiro atoms. The molecule has 10 atom stereocenters. The molecule has 2 heterocycles. The van der Waals surface area contributed by atoms with E-state index >= 15 is 0 Å². The van der Waals surface area contributed by atoms with E-state index in [4.69, 9.17) is 18.9 Å². The molecule has 2 fully saturated rings. The van der Waals surface area contributed by atoms with Crippen molar-refractivity contribution >= 4 is 0 Å². The standard InChI is InChI=1S/C19H36O11/c1-2-3-4-5-6-7-27-18-16(26)14(24)17(11(9-21)29-18)30-19-15(25)13(23)12(22)10(8-20)28-19/h10-26H,2-9H2,1H3/t10-,11-,12-,13+,14-,15-,16-,17+,18+,19?/m1/s1. The van der Waals surface area contributed by atoms with E-state index in [1.807, 2.05) is 0 Å². The summed E-state index contributed by atoms with van der Waals surface area (Å²) in [5.41, 5.74) is 0. The zero-order valence-corrected chi connectivity index (χ0v) is 17.2. The Kier molecular flexibility index (Phi) is 10.8. The van der Waals surface area contributed by atoms with Crippen LogP contribution in [-0.4, -0.2) is 117 Å². The fourth-order valence-electron chi connectivity index (χ4n) is 3.60. The van der Waals surface area contributed by atoms with Gasteiger partial charge in [-0.05, 0) is 6.42 Å². The minimum Gasteiger partial charge on any atom is -0.394 e. The van der Waals surface area contributed by atoms with Crippen LogP contribution >= 0.6 is 0 Å². The molecule has 2 saturated heterocycles. The molecule has 0 aliphatic carbocycles. The molecule has 0 bridgehead atoms. The quantitative estimate of drug-likeness (QED) is 0.170. The zero-order chi connectivity index (χ0) is 22.3. The maximum atomic E-state index is 10.5. The monoisotopic (exact) mass is 440 g/mol. The van der Waals surface area contributed by atoms with Gasteiger partial charge >= 0.3 is 0 Å². The Labute approximate surface area is 175 Å². The van der Waals surface area contributed by atoms with Crippen molar-refractivity contribution in [1.82, 2.24) is 0 Å². The van der Waals surface area contributed by atoms with Gasteiger partial charge in [0.15, 0.2) is 12.6 Å². The predicted molar refractivity (Wildman–Crippen MR) is 101 cm³/mol. The van der Waals surface area contributed by atoms with Crippen LogP contribution in [0.3, 0.4) is 0 Å². The number of unbranched alkanes of at least 4 members (excludes halogenated alkanes) is 4. The maximum Gasteiger partial charge on any atom is 0.187 e. The number of aliphatic hydroxyl groups excluding tert-OH is 7. The number of aliphatic hydroxyl groups is 7. The second-order valence-electron chi connectivity index (χ2n) is 7.79. The number of hydrogen-bond acceptors (Lipinski definition) is 11. The van der Waals surface area contributed by atoms with E-state index in [1.54, 1.807) is 0 Å². The van der Waals surface area contributed by atoms with E-state index in [0.717, 1.165) is 32.1 Å². The summed E-state index contributed by atoms with van der Waals surface area (Å²) in [6.07, 6.45) is -9.25. The molecule has 0 aromatic heterocycles. The molecule has 11 heteroatoms. The number of ether oxygens (including phenoxy) is 4. The smallest absolute Gasteiger partial charge is 0.187 e. The van der Waals surface area contributed by atoms with Gasteiger partial charge in [-0.3, -0.25) is 0 Å². The highest BCUT2D eigenvalue weighted by Gasteiger charge is 2.50. The molecule has 0 aromatic rings. The van der Waals surface area contributed by atoms with E-state index < -0.39 is 74.6 Å². The van der Waals surface area contributed by atoms with Crippen LogP contribution in [-0.2, 0) is 18.9 Å². The molecule has 0 aromatic carbocycles. The van der Waals surface area contributed by atoms with Crippen LogP contribution < -0.4 is 0 Å². The van der Waals surface area contributed by atoms with Gasteiger partial charge in [-0.2, -0.15) is 0 Å². The van der Waals surface area contributed by atoms with E-state index in [-0.39, 0.29) is 0 Å². The van der Waals surface area contributed by atoms with Gasteiger partial charge in [0.2, 0.25) is 0 Å². The topological polar surface area (TPSA) is 179 Å². The molecule has 0 saturated carbocycles. The molecule has 30 heavy (non-hydrogen) atoms. The normalized spacial score (nSPS) is 42.4. The van der Waals surface area contributed by atoms with E-state index in [2.05, 4.69) is 6.92 Å². The Balaban J connectivity index is 1.94. The van der Waals surface area contributed by atoms with Crippen molar-refractivity contribution in [3.8, 4) is 0 Å². The summed E-state index contributed by atoms with van der Waals surface area (Å²) in [6.45, 7) is 1.20. The fraction of sp³-hybridized carbons (Fsp3) is 1.00. The van der Waals surface area contributed by atoms with Gasteiger partial charge < -0.3 is 54.7 Å². The lowest BCUT2D eigenvalue weighted by Gasteiger charge is -2.45. The van der Waals surface area contributed by atoms with E-state index in [1.165, 1.54) is 0 Å². The summed E-state index contributed by atoms with van der Waals surface area (Å²) >= 11 is 0. The van der Waals surface area contributed by atoms with Gasteiger partial charge in [0.1, 0.15) is 48.8 Å². The Morgan fingerprint density at radius 2 is 1.27 bits per heavy atom. The van der Waals surface area contributed by atoms with Crippen LogP contribution in [0.1, 0.15) is 39.0 Å². The summed E-state index contributed by atoms with van der Waals surface area (Å²) in [4.78, 5) is 0. The lowest BCUT2D eigenvalue weighted by molar-refractivity contribution is -0.359. The second kappa shape index (κ2) is 12.6. The molecule has 178 valence electrons. The third kappa shape index (κ3) is 6.30. The molecule has 1 unspecified atom stereocenters. The van der Waals surface area contributed by atoms with Crippen molar-refractivity contribution in [3.63, 3.8) is 0 Å². The van der Waals surface area contributed by atoms with Crippen LogP contribution in [0.15, 0.2) is 0 Å². The predicted octanol–water partition coefficient (Wildman–Crippen LogP) is -2.40. The van der Waals surface area contributed by atoms with Crippen molar-refractivity contribution in [2.24, 2.45) is 0 Å². The highest BCUT2D eigenvalue weighted by Crippen LogP contribution is 2.29. The van der Waals surface area contributed by atoms with Crippen LogP contribution in [0.2, 0.25) is 0 Å². The van der Waals surface area contributed by atoms with Crippen molar-refractivity contribution in [2.45, 2.75) is 100 Å². The molecular formula is C19H36O11. The van der Waals surface area contributed by atoms with Gasteiger partial charge in [0.05, 0.1) is 13.2 Å². The molecule has 2 rings (SSSR count). The van der Waals surface area contributed by atoms with Gasteiger partial charge in [0, 0.05) is 6.61 Å². The molecular weight excluding hydrogens is 404 g/mol. The van der Waals surface area contributed by atoms with E-state index in [9.17, 15) is 35.7 Å². The van der Waals surface area contributed by atoms with Gasteiger partial charge in [-0.15, -0.1) is 0 Å². The lowest BCUT2D eigenvalue weighted by atomic mass is 9.97. The first-order valence-corrected chi connectivity index (χ1v) is 10.6. The molecule has 7 N–H and O–H groups in total. The number of rotatable bonds is 11. The Morgan fingerprint density at radius 3 is 1.90 bits per heavy atom. The fourth-order valence-corrected chi connectivity index (χ4v) is 3.60. The van der Waals surface area contributed by atoms with Crippen molar-refractivity contribution in [1.29, 1.82) is 0 Å². The summed E-state index contributed by atoms with van der Waals surface area (Å²) in [6, 6.07) is 0. The Bertz CT molecular complexity index is 477. The van der Waals surface area contributed by atoms with Gasteiger partial charge in [0.25, 0.3) is 0 Å². The highest BCUT2D eigenvalue weighted by molar-refractivity contribution is 4.94. The highest BCUT2D eigenvalue weighted by atomic mass is 16.7. The summed E-state index contributed by atoms with van der Waals surface area (Å²) in [5, 5.41) is 69.6. The van der Waals surface area contributed by atoms with Crippen molar-refractivity contribution < 1.29 is 54.7 Å². The second-order valence-corrected chi connectivity index (χ2v) is 7.79. The zero-order valence-electron chi connectivity index (χ0n) is 17.2. The third-order valence-electron chi connectivity index (χ3n) is 5.49. The van der Waals surface area contributed by atoms with Crippen molar-refractivity contribution in [3.05, 3.63) is 0 Å². The SMILES string of the molecule is CCCCCCCO[C@H]1O[C@H](CO)[C@H](OC2O[C@H](CO)[C@@H](O)[C@H](O)[C@H]2O)[C@H](O)[C@H]1O. The first-order chi connectivity index (χ1) is 14.3. The van der Waals surface area contributed by atoms with Gasteiger partial charge in [-0.1, -0.05) is 32.6 Å². The first-order valence-electron chi connectivity index (χ1n) is 10.6. The first kappa shape index (κ1) is 25.8. The van der Waals surface area contributed by atoms with E-state index in [0.29, 0.717) is 6.61 Å². The minimum absolute atomic E-state index is 0.314. The minimum atomic E-state index is -1.69. The molecule has 2 aliphatic heterocycles. The third-order valence-corrected chi connectivity index (χ3v) is 5.49. The van der Waals surface area contributed by atoms with Crippen LogP contribution in [0.25, 0.3) is 0 Å². The van der Waals surface area contributed by atoms with Crippen LogP contribution in [0, 0.1) is 0 Å². The van der Waals surface area contributed by atoms with Crippen LogP contribution in [0.5, 0.6) is 0 Å². The average Bonchev–Trinajstić information content (AvgIpc) is 2.75. The Hall–Kier alpha value is -0.440. The average molecular weight is 440 g/mol. The summed E-state index contributed by atoms with van der Waals surface area (Å²) in [7, 11) is 0. The molecule has 2 aliphatic rings. The number of hydrogen-bond donors (Lipinski definition) is 7. The summed E-state index contributed by atoms with van der Waals surface area (Å²) < 4.78 is 21.8. The maximum absolute atomic E-state index is 10.5. The molecule has 0 radical (unpaired) electrons. The molecule has 11 nitrogen and oxygen atoms in total.